The van der Waals surface area contributed by atoms with Crippen molar-refractivity contribution in [2.24, 2.45) is 0 Å². The van der Waals surface area contributed by atoms with Crippen LogP contribution in [0.1, 0.15) is 38.4 Å². The van der Waals surface area contributed by atoms with Crippen molar-refractivity contribution in [3.63, 3.8) is 0 Å². The molecule has 0 saturated carbocycles. The number of carbonyl (C=O) groups is 1. The molecule has 0 aliphatic carbocycles. The molecule has 4 rings (SSSR count). The monoisotopic (exact) mass is 423 g/mol. The maximum absolute atomic E-state index is 10.9. The predicted octanol–water partition coefficient (Wildman–Crippen LogP) is 5.52. The molecule has 6 nitrogen and oxygen atoms in total. The minimum atomic E-state index is -0.953. The predicted molar refractivity (Wildman–Crippen MR) is 123 cm³/mol. The van der Waals surface area contributed by atoms with Crippen LogP contribution in [-0.2, 0) is 6.61 Å². The SMILES string of the molecule is Cc1cc2nc(/C(C#N)=C\c3ccc(OCc4ccc(C(=O)O)cc4)cc3)[nH]c2cc1C. The number of imidazole rings is 1. The lowest BCUT2D eigenvalue weighted by Crippen LogP contribution is -1.98. The molecule has 0 atom stereocenters. The number of allylic oxidation sites excluding steroid dienone is 1. The third-order valence-corrected chi connectivity index (χ3v) is 5.27. The van der Waals surface area contributed by atoms with Gasteiger partial charge in [-0.3, -0.25) is 0 Å². The van der Waals surface area contributed by atoms with E-state index in [4.69, 9.17) is 9.84 Å². The molecule has 32 heavy (non-hydrogen) atoms. The number of ether oxygens (including phenoxy) is 1. The van der Waals surface area contributed by atoms with E-state index in [-0.39, 0.29) is 5.56 Å². The van der Waals surface area contributed by atoms with Crippen molar-refractivity contribution in [3.8, 4) is 11.8 Å². The number of nitrogens with zero attached hydrogens (tertiary/aromatic N) is 2. The molecule has 6 heteroatoms. The fourth-order valence-corrected chi connectivity index (χ4v) is 3.29. The summed E-state index contributed by atoms with van der Waals surface area (Å²) in [5, 5.41) is 18.6. The molecule has 0 aliphatic rings. The van der Waals surface area contributed by atoms with Gasteiger partial charge in [0.2, 0.25) is 0 Å². The molecular formula is C26H21N3O3. The largest absolute Gasteiger partial charge is 0.489 e. The average molecular weight is 423 g/mol. The van der Waals surface area contributed by atoms with E-state index >= 15 is 0 Å². The first-order chi connectivity index (χ1) is 15.4. The van der Waals surface area contributed by atoms with Crippen molar-refractivity contribution < 1.29 is 14.6 Å². The van der Waals surface area contributed by atoms with E-state index in [1.165, 1.54) is 5.56 Å². The molecule has 3 aromatic carbocycles. The van der Waals surface area contributed by atoms with Gasteiger partial charge in [0.1, 0.15) is 24.3 Å². The normalized spacial score (nSPS) is 11.3. The quantitative estimate of drug-likeness (QED) is 0.398. The summed E-state index contributed by atoms with van der Waals surface area (Å²) < 4.78 is 5.77. The number of nitrogens with one attached hydrogen (secondary N) is 1. The Hall–Kier alpha value is -4.37. The Morgan fingerprint density at radius 1 is 1.09 bits per heavy atom. The highest BCUT2D eigenvalue weighted by atomic mass is 16.5. The third kappa shape index (κ3) is 4.52. The molecule has 0 bridgehead atoms. The van der Waals surface area contributed by atoms with Gasteiger partial charge in [0, 0.05) is 0 Å². The molecule has 0 saturated heterocycles. The van der Waals surface area contributed by atoms with Gasteiger partial charge in [-0.2, -0.15) is 5.26 Å². The van der Waals surface area contributed by atoms with Crippen LogP contribution in [0.15, 0.2) is 60.7 Å². The second-order valence-corrected chi connectivity index (χ2v) is 7.57. The third-order valence-electron chi connectivity index (χ3n) is 5.27. The minimum absolute atomic E-state index is 0.243. The van der Waals surface area contributed by atoms with Gasteiger partial charge in [0.15, 0.2) is 0 Å². The van der Waals surface area contributed by atoms with Gasteiger partial charge in [0.25, 0.3) is 0 Å². The standard InChI is InChI=1S/C26H21N3O3/c1-16-11-23-24(12-17(16)2)29-25(28-23)21(14-27)13-18-5-9-22(10-6-18)32-15-19-3-7-20(8-4-19)26(30)31/h3-13H,15H2,1-2H3,(H,28,29)(H,30,31)/b21-13-. The van der Waals surface area contributed by atoms with Gasteiger partial charge < -0.3 is 14.8 Å². The number of aromatic carboxylic acids is 1. The molecule has 0 unspecified atom stereocenters. The van der Waals surface area contributed by atoms with Crippen LogP contribution < -0.4 is 4.74 Å². The van der Waals surface area contributed by atoms with Crippen molar-refractivity contribution in [2.45, 2.75) is 20.5 Å². The Balaban J connectivity index is 1.48. The Morgan fingerprint density at radius 2 is 1.78 bits per heavy atom. The number of fused-ring (bicyclic) bond motifs is 1. The zero-order chi connectivity index (χ0) is 22.7. The van der Waals surface area contributed by atoms with Crippen LogP contribution in [0.4, 0.5) is 0 Å². The van der Waals surface area contributed by atoms with Gasteiger partial charge in [0.05, 0.1) is 22.2 Å². The number of benzene rings is 3. The molecule has 0 radical (unpaired) electrons. The second-order valence-electron chi connectivity index (χ2n) is 7.57. The molecular weight excluding hydrogens is 402 g/mol. The first kappa shape index (κ1) is 20.9. The van der Waals surface area contributed by atoms with Gasteiger partial charge in [-0.15, -0.1) is 0 Å². The first-order valence-electron chi connectivity index (χ1n) is 10.1. The van der Waals surface area contributed by atoms with Gasteiger partial charge in [-0.25, -0.2) is 9.78 Å². The van der Waals surface area contributed by atoms with Crippen molar-refractivity contribution in [3.05, 3.63) is 94.3 Å². The van der Waals surface area contributed by atoms with Crippen LogP contribution in [0.2, 0.25) is 0 Å². The number of aromatic nitrogens is 2. The Kier molecular flexibility index (Phi) is 5.73. The summed E-state index contributed by atoms with van der Waals surface area (Å²) in [5.41, 5.74) is 6.49. The number of carboxylic acids is 1. The summed E-state index contributed by atoms with van der Waals surface area (Å²) in [5.74, 6) is 0.265. The number of nitriles is 1. The first-order valence-corrected chi connectivity index (χ1v) is 10.1. The molecule has 0 fully saturated rings. The zero-order valence-electron chi connectivity index (χ0n) is 17.7. The van der Waals surface area contributed by atoms with Crippen molar-refractivity contribution >= 4 is 28.7 Å². The molecule has 0 aliphatic heterocycles. The summed E-state index contributed by atoms with van der Waals surface area (Å²) in [4.78, 5) is 18.7. The Bertz CT molecular complexity index is 1320. The lowest BCUT2D eigenvalue weighted by Gasteiger charge is -2.07. The highest BCUT2D eigenvalue weighted by molar-refractivity contribution is 5.90. The Labute approximate surface area is 185 Å². The van der Waals surface area contributed by atoms with E-state index < -0.39 is 5.97 Å². The van der Waals surface area contributed by atoms with Crippen LogP contribution >= 0.6 is 0 Å². The van der Waals surface area contributed by atoms with E-state index in [1.807, 2.05) is 50.2 Å². The fourth-order valence-electron chi connectivity index (χ4n) is 3.29. The number of aryl methyl sites for hydroxylation is 2. The van der Waals surface area contributed by atoms with E-state index in [0.717, 1.165) is 27.7 Å². The molecule has 1 heterocycles. The van der Waals surface area contributed by atoms with Crippen molar-refractivity contribution in [2.75, 3.05) is 0 Å². The zero-order valence-corrected chi connectivity index (χ0v) is 17.7. The number of carboxylic acid groups (broad SMARTS) is 1. The topological polar surface area (TPSA) is 99.0 Å². The van der Waals surface area contributed by atoms with Crippen molar-refractivity contribution in [1.82, 2.24) is 9.97 Å². The fraction of sp³-hybridized carbons (Fsp3) is 0.115. The van der Waals surface area contributed by atoms with E-state index in [9.17, 15) is 10.1 Å². The lowest BCUT2D eigenvalue weighted by atomic mass is 10.1. The second kappa shape index (κ2) is 8.78. The smallest absolute Gasteiger partial charge is 0.335 e. The maximum Gasteiger partial charge on any atom is 0.335 e. The van der Waals surface area contributed by atoms with Crippen molar-refractivity contribution in [1.29, 1.82) is 5.26 Å². The summed E-state index contributed by atoms with van der Waals surface area (Å²) in [6.45, 7) is 4.42. The summed E-state index contributed by atoms with van der Waals surface area (Å²) in [7, 11) is 0. The van der Waals surface area contributed by atoms with Crippen LogP contribution in [0.3, 0.4) is 0 Å². The number of hydrogen-bond donors (Lipinski definition) is 2. The molecule has 0 amide bonds. The number of rotatable bonds is 6. The highest BCUT2D eigenvalue weighted by Crippen LogP contribution is 2.23. The van der Waals surface area contributed by atoms with E-state index in [0.29, 0.717) is 23.8 Å². The van der Waals surface area contributed by atoms with Gasteiger partial charge in [-0.1, -0.05) is 24.3 Å². The molecule has 158 valence electrons. The Morgan fingerprint density at radius 3 is 2.44 bits per heavy atom. The number of aromatic amines is 1. The molecule has 1 aromatic heterocycles. The molecule has 4 aromatic rings. The minimum Gasteiger partial charge on any atom is -0.489 e. The van der Waals surface area contributed by atoms with Crippen LogP contribution in [0.5, 0.6) is 5.75 Å². The summed E-state index contributed by atoms with van der Waals surface area (Å²) >= 11 is 0. The number of H-pyrrole nitrogens is 1. The molecule has 2 N–H and O–H groups in total. The van der Waals surface area contributed by atoms with E-state index in [2.05, 4.69) is 16.0 Å². The van der Waals surface area contributed by atoms with Crippen LogP contribution in [0.25, 0.3) is 22.7 Å². The van der Waals surface area contributed by atoms with Gasteiger partial charge in [-0.05, 0) is 78.6 Å². The molecule has 0 spiro atoms. The van der Waals surface area contributed by atoms with Crippen LogP contribution in [-0.4, -0.2) is 21.0 Å². The van der Waals surface area contributed by atoms with Gasteiger partial charge >= 0.3 is 5.97 Å². The maximum atomic E-state index is 10.9. The average Bonchev–Trinajstić information content (AvgIpc) is 3.19. The summed E-state index contributed by atoms with van der Waals surface area (Å²) in [6.07, 6.45) is 1.78. The lowest BCUT2D eigenvalue weighted by molar-refractivity contribution is 0.0697. The number of hydrogen-bond acceptors (Lipinski definition) is 4. The van der Waals surface area contributed by atoms with E-state index in [1.54, 1.807) is 30.3 Å². The summed E-state index contributed by atoms with van der Waals surface area (Å²) in [6, 6.07) is 20.3. The highest BCUT2D eigenvalue weighted by Gasteiger charge is 2.09. The van der Waals surface area contributed by atoms with Crippen LogP contribution in [0, 0.1) is 25.2 Å².